The quantitative estimate of drug-likeness (QED) is 0.801. The Labute approximate surface area is 107 Å². The smallest absolute Gasteiger partial charge is 0.261 e. The molecule has 2 aromatic rings. The van der Waals surface area contributed by atoms with Crippen molar-refractivity contribution in [3.8, 4) is 11.5 Å². The molecule has 2 N–H and O–H groups in total. The van der Waals surface area contributed by atoms with Crippen LogP contribution in [0.25, 0.3) is 11.5 Å². The first-order chi connectivity index (χ1) is 9.15. The van der Waals surface area contributed by atoms with Crippen LogP contribution in [0.3, 0.4) is 0 Å². The molecule has 0 aliphatic heterocycles. The van der Waals surface area contributed by atoms with Crippen LogP contribution in [0.1, 0.15) is 5.82 Å². The third-order valence-electron chi connectivity index (χ3n) is 2.19. The van der Waals surface area contributed by atoms with Crippen molar-refractivity contribution in [1.29, 1.82) is 0 Å². The monoisotopic (exact) mass is 270 g/mol. The van der Waals surface area contributed by atoms with Gasteiger partial charge < -0.3 is 15.0 Å². The van der Waals surface area contributed by atoms with E-state index in [4.69, 9.17) is 15.0 Å². The normalized spacial score (nSPS) is 11.1. The first kappa shape index (κ1) is 13.3. The summed E-state index contributed by atoms with van der Waals surface area (Å²) in [7, 11) is 0. The zero-order chi connectivity index (χ0) is 13.7. The Morgan fingerprint density at radius 1 is 1.37 bits per heavy atom. The average molecular weight is 270 g/mol. The maximum Gasteiger partial charge on any atom is 0.261 e. The molecule has 0 bridgehead atoms. The third kappa shape index (κ3) is 3.95. The van der Waals surface area contributed by atoms with Gasteiger partial charge in [0.05, 0.1) is 17.9 Å². The van der Waals surface area contributed by atoms with Crippen LogP contribution in [0.2, 0.25) is 0 Å². The average Bonchev–Trinajstić information content (AvgIpc) is 2.83. The molecule has 0 amide bonds. The zero-order valence-corrected chi connectivity index (χ0v) is 9.92. The zero-order valence-electron chi connectivity index (χ0n) is 9.92. The summed E-state index contributed by atoms with van der Waals surface area (Å²) in [4.78, 5) is 8.00. The molecule has 0 saturated heterocycles. The minimum absolute atomic E-state index is 0.110. The number of aromatic nitrogens is 3. The van der Waals surface area contributed by atoms with Gasteiger partial charge in [-0.05, 0) is 6.07 Å². The standard InChI is InChI=1S/C11H12F2N4O2/c12-9(13)6-18-2-1-10-16-11(19-17-10)7-3-8(14)5-15-4-7/h3-5,9H,1-2,6,14H2. The molecular weight excluding hydrogens is 258 g/mol. The van der Waals surface area contributed by atoms with Gasteiger partial charge in [-0.1, -0.05) is 5.16 Å². The molecule has 0 radical (unpaired) electrons. The van der Waals surface area contributed by atoms with Crippen LogP contribution in [0, 0.1) is 0 Å². The molecule has 2 aromatic heterocycles. The molecule has 0 atom stereocenters. The van der Waals surface area contributed by atoms with Gasteiger partial charge in [-0.2, -0.15) is 4.98 Å². The van der Waals surface area contributed by atoms with Crippen LogP contribution < -0.4 is 5.73 Å². The Balaban J connectivity index is 1.92. The van der Waals surface area contributed by atoms with Crippen LogP contribution in [0.15, 0.2) is 23.0 Å². The highest BCUT2D eigenvalue weighted by Gasteiger charge is 2.10. The molecule has 0 aliphatic rings. The molecule has 0 saturated carbocycles. The predicted molar refractivity (Wildman–Crippen MR) is 62.5 cm³/mol. The predicted octanol–water partition coefficient (Wildman–Crippen LogP) is 1.54. The lowest BCUT2D eigenvalue weighted by molar-refractivity contribution is 0.0182. The second-order valence-corrected chi connectivity index (χ2v) is 3.74. The summed E-state index contributed by atoms with van der Waals surface area (Å²) in [5.41, 5.74) is 6.67. The lowest BCUT2D eigenvalue weighted by Gasteiger charge is -1.99. The highest BCUT2D eigenvalue weighted by molar-refractivity contribution is 5.57. The minimum Gasteiger partial charge on any atom is -0.397 e. The van der Waals surface area contributed by atoms with Gasteiger partial charge in [-0.25, -0.2) is 8.78 Å². The van der Waals surface area contributed by atoms with E-state index < -0.39 is 13.0 Å². The van der Waals surface area contributed by atoms with Crippen LogP contribution in [-0.4, -0.2) is 34.8 Å². The Morgan fingerprint density at radius 3 is 2.95 bits per heavy atom. The summed E-state index contributed by atoms with van der Waals surface area (Å²) >= 11 is 0. The van der Waals surface area contributed by atoms with E-state index in [0.29, 0.717) is 23.5 Å². The SMILES string of the molecule is Nc1cncc(-c2nc(CCOCC(F)F)no2)c1. The van der Waals surface area contributed by atoms with Crippen molar-refractivity contribution in [2.45, 2.75) is 12.8 Å². The number of anilines is 1. The molecule has 0 spiro atoms. The van der Waals surface area contributed by atoms with Gasteiger partial charge in [0.1, 0.15) is 6.61 Å². The summed E-state index contributed by atoms with van der Waals surface area (Å²) in [5, 5.41) is 3.72. The topological polar surface area (TPSA) is 87.1 Å². The number of ether oxygens (including phenoxy) is 1. The molecule has 102 valence electrons. The molecule has 6 nitrogen and oxygen atoms in total. The molecule has 19 heavy (non-hydrogen) atoms. The van der Waals surface area contributed by atoms with E-state index in [1.807, 2.05) is 0 Å². The Bertz CT molecular complexity index is 533. The number of hydrogen-bond acceptors (Lipinski definition) is 6. The summed E-state index contributed by atoms with van der Waals surface area (Å²) < 4.78 is 33.4. The lowest BCUT2D eigenvalue weighted by Crippen LogP contribution is -2.07. The van der Waals surface area contributed by atoms with Crippen LogP contribution in [0.5, 0.6) is 0 Å². The minimum atomic E-state index is -2.47. The lowest BCUT2D eigenvalue weighted by atomic mass is 10.2. The fraction of sp³-hybridized carbons (Fsp3) is 0.364. The molecule has 2 rings (SSSR count). The number of rotatable bonds is 6. The summed E-state index contributed by atoms with van der Waals surface area (Å²) in [6, 6.07) is 1.65. The van der Waals surface area contributed by atoms with Gasteiger partial charge in [0.15, 0.2) is 5.82 Å². The maximum atomic E-state index is 11.8. The highest BCUT2D eigenvalue weighted by Crippen LogP contribution is 2.18. The van der Waals surface area contributed by atoms with E-state index in [-0.39, 0.29) is 12.5 Å². The molecule has 0 aliphatic carbocycles. The highest BCUT2D eigenvalue weighted by atomic mass is 19.3. The van der Waals surface area contributed by atoms with Gasteiger partial charge in [0, 0.05) is 18.8 Å². The second-order valence-electron chi connectivity index (χ2n) is 3.74. The number of nitrogens with two attached hydrogens (primary N) is 1. The maximum absolute atomic E-state index is 11.8. The van der Waals surface area contributed by atoms with E-state index in [0.717, 1.165) is 0 Å². The Morgan fingerprint density at radius 2 is 2.21 bits per heavy atom. The molecular formula is C11H12F2N4O2. The van der Waals surface area contributed by atoms with Crippen molar-refractivity contribution >= 4 is 5.69 Å². The van der Waals surface area contributed by atoms with Crippen molar-refractivity contribution in [2.24, 2.45) is 0 Å². The molecule has 0 unspecified atom stereocenters. The second kappa shape index (κ2) is 6.19. The van der Waals surface area contributed by atoms with Crippen LogP contribution in [-0.2, 0) is 11.2 Å². The van der Waals surface area contributed by atoms with Crippen molar-refractivity contribution in [3.05, 3.63) is 24.3 Å². The summed E-state index contributed by atoms with van der Waals surface area (Å²) in [5.74, 6) is 0.662. The number of nitrogens with zero attached hydrogens (tertiary/aromatic N) is 3. The molecule has 2 heterocycles. The van der Waals surface area contributed by atoms with E-state index >= 15 is 0 Å². The van der Waals surface area contributed by atoms with Crippen molar-refractivity contribution < 1.29 is 18.0 Å². The van der Waals surface area contributed by atoms with Gasteiger partial charge in [0.2, 0.25) is 0 Å². The molecule has 0 aromatic carbocycles. The molecule has 0 fully saturated rings. The van der Waals surface area contributed by atoms with Crippen LogP contribution >= 0.6 is 0 Å². The summed E-state index contributed by atoms with van der Waals surface area (Å²) in [6.45, 7) is -0.484. The van der Waals surface area contributed by atoms with Gasteiger partial charge in [-0.15, -0.1) is 0 Å². The van der Waals surface area contributed by atoms with Gasteiger partial charge in [0.25, 0.3) is 12.3 Å². The van der Waals surface area contributed by atoms with Gasteiger partial charge >= 0.3 is 0 Å². The number of pyridine rings is 1. The van der Waals surface area contributed by atoms with Crippen molar-refractivity contribution in [1.82, 2.24) is 15.1 Å². The fourth-order valence-electron chi connectivity index (χ4n) is 1.38. The first-order valence-electron chi connectivity index (χ1n) is 5.54. The number of hydrogen-bond donors (Lipinski definition) is 1. The Hall–Kier alpha value is -2.09. The molecule has 8 heteroatoms. The van der Waals surface area contributed by atoms with E-state index in [9.17, 15) is 8.78 Å². The van der Waals surface area contributed by atoms with Gasteiger partial charge in [-0.3, -0.25) is 4.98 Å². The number of halogens is 2. The number of nitrogen functional groups attached to an aromatic ring is 1. The number of alkyl halides is 2. The summed E-state index contributed by atoms with van der Waals surface area (Å²) in [6.07, 6.45) is 0.866. The van der Waals surface area contributed by atoms with E-state index in [1.165, 1.54) is 6.20 Å². The van der Waals surface area contributed by atoms with Crippen molar-refractivity contribution in [2.75, 3.05) is 18.9 Å². The Kier molecular flexibility index (Phi) is 4.35. The van der Waals surface area contributed by atoms with E-state index in [1.54, 1.807) is 12.3 Å². The van der Waals surface area contributed by atoms with E-state index in [2.05, 4.69) is 15.1 Å². The fourth-order valence-corrected chi connectivity index (χ4v) is 1.38. The third-order valence-corrected chi connectivity index (χ3v) is 2.19. The van der Waals surface area contributed by atoms with Crippen molar-refractivity contribution in [3.63, 3.8) is 0 Å². The first-order valence-corrected chi connectivity index (χ1v) is 5.54. The van der Waals surface area contributed by atoms with Crippen LogP contribution in [0.4, 0.5) is 14.5 Å². The largest absolute Gasteiger partial charge is 0.397 e.